The fourth-order valence-corrected chi connectivity index (χ4v) is 7.71. The first kappa shape index (κ1) is 33.3. The number of piperazine rings is 1. The second-order valence-electron chi connectivity index (χ2n) is 14.6. The van der Waals surface area contributed by atoms with E-state index in [0.717, 1.165) is 57.8 Å². The summed E-state index contributed by atoms with van der Waals surface area (Å²) in [6.07, 6.45) is 4.61. The first-order valence-electron chi connectivity index (χ1n) is 17.4. The lowest BCUT2D eigenvalue weighted by molar-refractivity contribution is 0.0175. The van der Waals surface area contributed by atoms with Crippen molar-refractivity contribution < 1.29 is 19.1 Å². The Labute approximate surface area is 279 Å². The van der Waals surface area contributed by atoms with Gasteiger partial charge in [-0.1, -0.05) is 6.92 Å². The van der Waals surface area contributed by atoms with Crippen LogP contribution < -0.4 is 20.7 Å². The van der Waals surface area contributed by atoms with E-state index in [9.17, 15) is 9.59 Å². The van der Waals surface area contributed by atoms with Gasteiger partial charge >= 0.3 is 6.09 Å². The number of primary amides is 1. The van der Waals surface area contributed by atoms with Crippen LogP contribution in [-0.4, -0.2) is 114 Å². The van der Waals surface area contributed by atoms with Crippen molar-refractivity contribution in [1.82, 2.24) is 24.7 Å². The largest absolute Gasteiger partial charge is 0.476 e. The summed E-state index contributed by atoms with van der Waals surface area (Å²) < 4.78 is 12.0. The van der Waals surface area contributed by atoms with Crippen molar-refractivity contribution in [1.29, 1.82) is 0 Å². The minimum Gasteiger partial charge on any atom is -0.476 e. The highest BCUT2D eigenvalue weighted by Gasteiger charge is 2.50. The zero-order valence-electron chi connectivity index (χ0n) is 28.7. The van der Waals surface area contributed by atoms with Crippen molar-refractivity contribution >= 4 is 29.2 Å². The second kappa shape index (κ2) is 13.8. The zero-order chi connectivity index (χ0) is 33.3. The Morgan fingerprint density at radius 3 is 2.32 bits per heavy atom. The Hall–Kier alpha value is -3.64. The molecule has 3 aliphatic heterocycles. The molecule has 0 radical (unpaired) electrons. The number of nitrogens with zero attached hydrogens (tertiary/aromatic N) is 6. The van der Waals surface area contributed by atoms with E-state index in [1.807, 2.05) is 44.7 Å². The number of aryl methyl sites for hydroxylation is 1. The Morgan fingerprint density at radius 2 is 1.68 bits per heavy atom. The van der Waals surface area contributed by atoms with Gasteiger partial charge in [-0.25, -0.2) is 9.78 Å². The van der Waals surface area contributed by atoms with Crippen LogP contribution in [-0.2, 0) is 11.2 Å². The van der Waals surface area contributed by atoms with Crippen LogP contribution in [0.1, 0.15) is 69.6 Å². The molecule has 12 heteroatoms. The number of aromatic nitrogens is 2. The molecule has 1 aromatic carbocycles. The van der Waals surface area contributed by atoms with Crippen LogP contribution in [0.4, 0.5) is 22.0 Å². The van der Waals surface area contributed by atoms with Gasteiger partial charge in [0.05, 0.1) is 6.61 Å². The van der Waals surface area contributed by atoms with Crippen molar-refractivity contribution in [2.24, 2.45) is 17.6 Å². The van der Waals surface area contributed by atoms with E-state index in [0.29, 0.717) is 43.1 Å². The topological polar surface area (TPSA) is 129 Å². The number of piperidine rings is 2. The number of likely N-dealkylation sites (tertiary alicyclic amines) is 1. The lowest BCUT2D eigenvalue weighted by Gasteiger charge is -2.42. The molecule has 3 saturated heterocycles. The number of anilines is 3. The molecule has 4 heterocycles. The van der Waals surface area contributed by atoms with E-state index in [-0.39, 0.29) is 29.6 Å². The summed E-state index contributed by atoms with van der Waals surface area (Å²) in [5.74, 6) is 0.539. The first-order chi connectivity index (χ1) is 22.5. The highest BCUT2D eigenvalue weighted by Crippen LogP contribution is 2.43. The van der Waals surface area contributed by atoms with Crippen LogP contribution in [0.3, 0.4) is 0 Å². The highest BCUT2D eigenvalue weighted by molar-refractivity contribution is 5.96. The normalized spacial score (nSPS) is 24.1. The average molecular weight is 649 g/mol. The van der Waals surface area contributed by atoms with Gasteiger partial charge in [-0.3, -0.25) is 9.69 Å². The summed E-state index contributed by atoms with van der Waals surface area (Å²) in [5, 5.41) is 3.28. The van der Waals surface area contributed by atoms with Crippen LogP contribution in [0.15, 0.2) is 24.3 Å². The van der Waals surface area contributed by atoms with E-state index in [1.165, 1.54) is 18.5 Å². The van der Waals surface area contributed by atoms with Gasteiger partial charge in [0.25, 0.3) is 5.91 Å². The molecule has 2 aromatic rings. The summed E-state index contributed by atoms with van der Waals surface area (Å²) >= 11 is 0. The third kappa shape index (κ3) is 7.59. The fraction of sp³-hybridized carbons (Fsp3) is 0.657. The van der Waals surface area contributed by atoms with Crippen molar-refractivity contribution in [2.75, 3.05) is 69.7 Å². The summed E-state index contributed by atoms with van der Waals surface area (Å²) in [4.78, 5) is 44.0. The van der Waals surface area contributed by atoms with Crippen molar-refractivity contribution in [2.45, 2.75) is 77.5 Å². The van der Waals surface area contributed by atoms with Gasteiger partial charge < -0.3 is 35.2 Å². The molecule has 4 fully saturated rings. The molecule has 3 N–H and O–H groups in total. The number of amides is 2. The number of carbonyl (C=O) groups is 2. The number of rotatable bonds is 9. The van der Waals surface area contributed by atoms with Crippen molar-refractivity contribution in [3.05, 3.63) is 35.7 Å². The molecule has 12 nitrogen and oxygen atoms in total. The first-order valence-corrected chi connectivity index (χ1v) is 17.4. The molecule has 1 saturated carbocycles. The maximum absolute atomic E-state index is 12.9. The quantitative estimate of drug-likeness (QED) is 0.410. The average Bonchev–Trinajstić information content (AvgIpc) is 3.61. The Morgan fingerprint density at radius 1 is 0.979 bits per heavy atom. The van der Waals surface area contributed by atoms with Gasteiger partial charge in [0.2, 0.25) is 5.88 Å². The van der Waals surface area contributed by atoms with Crippen molar-refractivity contribution in [3.63, 3.8) is 0 Å². The van der Waals surface area contributed by atoms with Gasteiger partial charge in [-0.05, 0) is 90.1 Å². The number of carbonyl (C=O) groups excluding carboxylic acids is 2. The zero-order valence-corrected chi connectivity index (χ0v) is 28.7. The molecular formula is C35H52N8O4. The minimum absolute atomic E-state index is 0.0754. The molecule has 2 amide bonds. The predicted molar refractivity (Wildman–Crippen MR) is 182 cm³/mol. The number of nitrogens with two attached hydrogens (primary N) is 1. The lowest BCUT2D eigenvalue weighted by atomic mass is 9.99. The summed E-state index contributed by atoms with van der Waals surface area (Å²) in [5.41, 5.74) is 7.85. The molecule has 1 aromatic heterocycles. The van der Waals surface area contributed by atoms with E-state index < -0.39 is 11.5 Å². The smallest absolute Gasteiger partial charge is 0.410 e. The van der Waals surface area contributed by atoms with Crippen LogP contribution in [0.2, 0.25) is 0 Å². The van der Waals surface area contributed by atoms with Crippen molar-refractivity contribution in [3.8, 4) is 5.88 Å². The SMILES string of the molecule is CCc1nc(C(N)=O)c(Nc2ccc(N3CCC(N4CCN(C)CC4)CC3)cc2)nc1OCC1[C@@H]2CC[C@H]1N(C(=O)OC(C)(C)C)C2. The molecule has 3 atom stereocenters. The molecule has 47 heavy (non-hydrogen) atoms. The Bertz CT molecular complexity index is 1410. The number of hydrogen-bond acceptors (Lipinski definition) is 10. The number of fused-ring (bicyclic) bond motifs is 2. The van der Waals surface area contributed by atoms with Gasteiger partial charge in [0.15, 0.2) is 11.5 Å². The Kier molecular flexibility index (Phi) is 9.80. The number of nitrogens with one attached hydrogen (secondary N) is 1. The van der Waals surface area contributed by atoms with Crippen LogP contribution in [0.5, 0.6) is 5.88 Å². The standard InChI is InChI=1S/C35H52N8O4/c1-6-28-33(46-22-27-23-7-12-29(27)43(21-23)34(45)47-35(2,3)4)39-32(30(38-28)31(36)44)37-24-8-10-25(11-9-24)41-15-13-26(14-16-41)42-19-17-40(5)18-20-42/h8-11,23,26-27,29H,6-7,12-22H2,1-5H3,(H2,36,44)(H,37,39)/t23-,27?,29-/m1/s1. The second-order valence-corrected chi connectivity index (χ2v) is 14.6. The Balaban J connectivity index is 1.10. The molecule has 4 aliphatic rings. The number of ether oxygens (including phenoxy) is 2. The fourth-order valence-electron chi connectivity index (χ4n) is 7.71. The molecule has 2 bridgehead atoms. The summed E-state index contributed by atoms with van der Waals surface area (Å²) in [6, 6.07) is 8.97. The van der Waals surface area contributed by atoms with Gasteiger partial charge in [-0.2, -0.15) is 4.98 Å². The maximum Gasteiger partial charge on any atom is 0.410 e. The lowest BCUT2D eigenvalue weighted by Crippen LogP contribution is -2.52. The molecular weight excluding hydrogens is 596 g/mol. The van der Waals surface area contributed by atoms with Crippen LogP contribution in [0, 0.1) is 11.8 Å². The van der Waals surface area contributed by atoms with E-state index >= 15 is 0 Å². The molecule has 6 rings (SSSR count). The highest BCUT2D eigenvalue weighted by atomic mass is 16.6. The van der Waals surface area contributed by atoms with Gasteiger partial charge in [0.1, 0.15) is 11.3 Å². The van der Waals surface area contributed by atoms with Crippen LogP contribution >= 0.6 is 0 Å². The van der Waals surface area contributed by atoms with Crippen LogP contribution in [0.25, 0.3) is 0 Å². The number of benzene rings is 1. The monoisotopic (exact) mass is 648 g/mol. The molecule has 256 valence electrons. The van der Waals surface area contributed by atoms with Gasteiger partial charge in [-0.15, -0.1) is 0 Å². The molecule has 0 spiro atoms. The maximum atomic E-state index is 12.9. The summed E-state index contributed by atoms with van der Waals surface area (Å²) in [7, 11) is 2.20. The predicted octanol–water partition coefficient (Wildman–Crippen LogP) is 4.12. The number of likely N-dealkylation sites (N-methyl/N-ethyl adjacent to an activating group) is 1. The van der Waals surface area contributed by atoms with Gasteiger partial charge in [0, 0.05) is 75.2 Å². The molecule has 1 unspecified atom stereocenters. The molecule has 1 aliphatic carbocycles. The summed E-state index contributed by atoms with van der Waals surface area (Å²) in [6.45, 7) is 15.4. The minimum atomic E-state index is -0.650. The third-order valence-corrected chi connectivity index (χ3v) is 10.3. The van der Waals surface area contributed by atoms with E-state index in [2.05, 4.69) is 44.2 Å². The van der Waals surface area contributed by atoms with E-state index in [1.54, 1.807) is 0 Å². The van der Waals surface area contributed by atoms with E-state index in [4.69, 9.17) is 20.2 Å². The number of hydrogen-bond donors (Lipinski definition) is 2. The third-order valence-electron chi connectivity index (χ3n) is 10.3.